The zero-order chi connectivity index (χ0) is 26.7. The Morgan fingerprint density at radius 3 is 1.92 bits per heavy atom. The Hall–Kier alpha value is -3.19. The normalized spacial score (nSPS) is 12.9. The zero-order valence-corrected chi connectivity index (χ0v) is 23.5. The predicted octanol–water partition coefficient (Wildman–Crippen LogP) is 5.28. The minimum atomic E-state index is -2.71. The Bertz CT molecular complexity index is 1080. The quantitative estimate of drug-likeness (QED) is 0.186. The lowest BCUT2D eigenvalue weighted by atomic mass is 10.2. The fourth-order valence-electron chi connectivity index (χ4n) is 4.48. The van der Waals surface area contributed by atoms with Crippen molar-refractivity contribution in [3.8, 4) is 5.75 Å². The maximum absolute atomic E-state index is 11.7. The molecule has 37 heavy (non-hydrogen) atoms. The van der Waals surface area contributed by atoms with E-state index in [4.69, 9.17) is 18.6 Å². The van der Waals surface area contributed by atoms with E-state index in [9.17, 15) is 4.79 Å². The second kappa shape index (κ2) is 13.4. The van der Waals surface area contributed by atoms with Crippen LogP contribution in [0.3, 0.4) is 0 Å². The Morgan fingerprint density at radius 2 is 1.43 bits per heavy atom. The lowest BCUT2D eigenvalue weighted by molar-refractivity contribution is -0.134. The first-order valence-corrected chi connectivity index (χ1v) is 14.4. The standard InChI is InChI=1S/C31H38O5Si/c1-31(2,3)37(28-14-8-6-9-15-28,29-16-10-7-11-17-29)36-24-27(13-12-18-30(32)34-5)35-23-25-19-21-26(33-4)22-20-25/h6-12,14-22,27H,13,23-24H2,1-5H3/b18-12+/t27-/m1/s1. The molecule has 0 radical (unpaired) electrons. The van der Waals surface area contributed by atoms with E-state index in [1.165, 1.54) is 23.6 Å². The van der Waals surface area contributed by atoms with E-state index in [0.717, 1.165) is 11.3 Å². The van der Waals surface area contributed by atoms with Gasteiger partial charge in [-0.05, 0) is 39.5 Å². The molecular weight excluding hydrogens is 480 g/mol. The molecule has 5 nitrogen and oxygen atoms in total. The summed E-state index contributed by atoms with van der Waals surface area (Å²) in [6.45, 7) is 7.57. The van der Waals surface area contributed by atoms with Crippen LogP contribution in [0.1, 0.15) is 32.8 Å². The lowest BCUT2D eigenvalue weighted by Crippen LogP contribution is -2.67. The van der Waals surface area contributed by atoms with Gasteiger partial charge in [-0.3, -0.25) is 0 Å². The van der Waals surface area contributed by atoms with Gasteiger partial charge < -0.3 is 18.6 Å². The molecule has 0 fully saturated rings. The van der Waals surface area contributed by atoms with Crippen molar-refractivity contribution in [2.75, 3.05) is 20.8 Å². The molecule has 0 N–H and O–H groups in total. The van der Waals surface area contributed by atoms with Gasteiger partial charge in [0.25, 0.3) is 8.32 Å². The first-order valence-electron chi connectivity index (χ1n) is 12.5. The van der Waals surface area contributed by atoms with Gasteiger partial charge in [0.15, 0.2) is 0 Å². The third-order valence-electron chi connectivity index (χ3n) is 6.40. The number of esters is 1. The molecule has 0 aromatic heterocycles. The van der Waals surface area contributed by atoms with Crippen molar-refractivity contribution >= 4 is 24.7 Å². The Balaban J connectivity index is 1.90. The fourth-order valence-corrected chi connectivity index (χ4v) is 9.08. The van der Waals surface area contributed by atoms with Crippen molar-refractivity contribution in [2.24, 2.45) is 0 Å². The topological polar surface area (TPSA) is 54.0 Å². The summed E-state index contributed by atoms with van der Waals surface area (Å²) in [6, 6.07) is 28.9. The third-order valence-corrected chi connectivity index (χ3v) is 11.4. The molecule has 0 bridgehead atoms. The molecule has 0 aliphatic rings. The SMILES string of the molecule is COC(=O)/C=C/C[C@H](CO[Si](c1ccccc1)(c1ccccc1)C(C)(C)C)OCc1ccc(OC)cc1. The molecule has 0 spiro atoms. The average Bonchev–Trinajstić information content (AvgIpc) is 2.92. The van der Waals surface area contributed by atoms with Crippen molar-refractivity contribution in [1.29, 1.82) is 0 Å². The van der Waals surface area contributed by atoms with Crippen molar-refractivity contribution in [2.45, 2.75) is 44.9 Å². The summed E-state index contributed by atoms with van der Waals surface area (Å²) >= 11 is 0. The molecule has 1 atom stereocenters. The van der Waals surface area contributed by atoms with Crippen LogP contribution in [-0.4, -0.2) is 41.2 Å². The number of methoxy groups -OCH3 is 2. The lowest BCUT2D eigenvalue weighted by Gasteiger charge is -2.43. The van der Waals surface area contributed by atoms with Crippen LogP contribution in [0.5, 0.6) is 5.75 Å². The zero-order valence-electron chi connectivity index (χ0n) is 22.5. The molecule has 6 heteroatoms. The summed E-state index contributed by atoms with van der Waals surface area (Å²) in [5.74, 6) is 0.415. The van der Waals surface area contributed by atoms with Gasteiger partial charge in [0, 0.05) is 6.08 Å². The number of carbonyl (C=O) groups excluding carboxylic acids is 1. The summed E-state index contributed by atoms with van der Waals surface area (Å²) in [5.41, 5.74) is 1.04. The third kappa shape index (κ3) is 7.41. The van der Waals surface area contributed by atoms with Crippen LogP contribution in [0.15, 0.2) is 97.1 Å². The molecule has 3 aromatic rings. The van der Waals surface area contributed by atoms with Gasteiger partial charge in [0.1, 0.15) is 5.75 Å². The van der Waals surface area contributed by atoms with Crippen LogP contribution in [0, 0.1) is 0 Å². The van der Waals surface area contributed by atoms with Crippen LogP contribution in [0.4, 0.5) is 0 Å². The fraction of sp³-hybridized carbons (Fsp3) is 0.323. The Morgan fingerprint density at radius 1 is 0.865 bits per heavy atom. The molecule has 0 aliphatic heterocycles. The van der Waals surface area contributed by atoms with Crippen LogP contribution < -0.4 is 15.1 Å². The summed E-state index contributed by atoms with van der Waals surface area (Å²) in [6.07, 6.45) is 3.49. The summed E-state index contributed by atoms with van der Waals surface area (Å²) in [5, 5.41) is 2.29. The summed E-state index contributed by atoms with van der Waals surface area (Å²) < 4.78 is 23.4. The van der Waals surface area contributed by atoms with Gasteiger partial charge in [-0.25, -0.2) is 4.79 Å². The van der Waals surface area contributed by atoms with E-state index in [-0.39, 0.29) is 17.1 Å². The molecule has 0 amide bonds. The van der Waals surface area contributed by atoms with Crippen molar-refractivity contribution < 1.29 is 23.4 Å². The minimum absolute atomic E-state index is 0.141. The predicted molar refractivity (Wildman–Crippen MR) is 151 cm³/mol. The highest BCUT2D eigenvalue weighted by molar-refractivity contribution is 6.99. The Kier molecular flexibility index (Phi) is 10.3. The molecule has 3 aromatic carbocycles. The molecule has 0 heterocycles. The van der Waals surface area contributed by atoms with E-state index in [0.29, 0.717) is 19.6 Å². The van der Waals surface area contributed by atoms with Crippen LogP contribution in [0.25, 0.3) is 0 Å². The molecule has 0 saturated heterocycles. The minimum Gasteiger partial charge on any atom is -0.497 e. The van der Waals surface area contributed by atoms with Gasteiger partial charge in [-0.1, -0.05) is 99.6 Å². The summed E-state index contributed by atoms with van der Waals surface area (Å²) in [4.78, 5) is 11.7. The van der Waals surface area contributed by atoms with Crippen molar-refractivity contribution in [3.05, 3.63) is 103 Å². The maximum Gasteiger partial charge on any atom is 0.330 e. The van der Waals surface area contributed by atoms with E-state index in [1.54, 1.807) is 13.2 Å². The highest BCUT2D eigenvalue weighted by Gasteiger charge is 2.50. The number of benzene rings is 3. The first-order chi connectivity index (χ1) is 17.8. The average molecular weight is 519 g/mol. The van der Waals surface area contributed by atoms with E-state index < -0.39 is 8.32 Å². The number of rotatable bonds is 12. The van der Waals surface area contributed by atoms with Gasteiger partial charge in [-0.2, -0.15) is 0 Å². The van der Waals surface area contributed by atoms with E-state index >= 15 is 0 Å². The molecule has 0 saturated carbocycles. The highest BCUT2D eigenvalue weighted by Crippen LogP contribution is 2.37. The molecular formula is C31H38O5Si. The first kappa shape index (κ1) is 28.4. The second-order valence-electron chi connectivity index (χ2n) is 9.92. The summed E-state index contributed by atoms with van der Waals surface area (Å²) in [7, 11) is 0.309. The van der Waals surface area contributed by atoms with Crippen LogP contribution in [0.2, 0.25) is 5.04 Å². The van der Waals surface area contributed by atoms with Gasteiger partial charge in [0.2, 0.25) is 0 Å². The molecule has 0 unspecified atom stereocenters. The van der Waals surface area contributed by atoms with Crippen molar-refractivity contribution in [3.63, 3.8) is 0 Å². The van der Waals surface area contributed by atoms with E-state index in [1.807, 2.05) is 36.4 Å². The second-order valence-corrected chi connectivity index (χ2v) is 14.2. The maximum atomic E-state index is 11.7. The Labute approximate surface area is 222 Å². The van der Waals surface area contributed by atoms with E-state index in [2.05, 4.69) is 69.3 Å². The molecule has 3 rings (SSSR count). The van der Waals surface area contributed by atoms with Crippen LogP contribution >= 0.6 is 0 Å². The number of ether oxygens (including phenoxy) is 3. The van der Waals surface area contributed by atoms with Crippen LogP contribution in [-0.2, 0) is 25.3 Å². The smallest absolute Gasteiger partial charge is 0.330 e. The monoisotopic (exact) mass is 518 g/mol. The largest absolute Gasteiger partial charge is 0.497 e. The van der Waals surface area contributed by atoms with Crippen molar-refractivity contribution in [1.82, 2.24) is 0 Å². The molecule has 196 valence electrons. The van der Waals surface area contributed by atoms with Gasteiger partial charge in [-0.15, -0.1) is 0 Å². The number of hydrogen-bond donors (Lipinski definition) is 0. The van der Waals surface area contributed by atoms with Gasteiger partial charge in [0.05, 0.1) is 33.5 Å². The molecule has 0 aliphatic carbocycles. The number of carbonyl (C=O) groups is 1. The number of hydrogen-bond acceptors (Lipinski definition) is 5. The van der Waals surface area contributed by atoms with Gasteiger partial charge >= 0.3 is 5.97 Å². The highest BCUT2D eigenvalue weighted by atomic mass is 28.4.